The first-order valence-electron chi connectivity index (χ1n) is 7.03. The molecule has 2 heterocycles. The van der Waals surface area contributed by atoms with Crippen LogP contribution in [0.4, 0.5) is 8.78 Å². The van der Waals surface area contributed by atoms with Crippen molar-refractivity contribution < 1.29 is 8.78 Å². The van der Waals surface area contributed by atoms with Crippen LogP contribution in [0, 0.1) is 11.6 Å². The standard InChI is InChI=1S/C17H9F2N3OS/c18-12-5-1-10(2-6-12)9-14-16(23)22-17(24-14)20-15(21-22)11-3-7-13(19)8-4-11/h1-9H. The van der Waals surface area contributed by atoms with Crippen LogP contribution in [-0.4, -0.2) is 14.6 Å². The van der Waals surface area contributed by atoms with Crippen LogP contribution in [0.3, 0.4) is 0 Å². The highest BCUT2D eigenvalue weighted by atomic mass is 32.1. The number of rotatable bonds is 2. The predicted octanol–water partition coefficient (Wildman–Crippen LogP) is 2.64. The molecule has 0 N–H and O–H groups in total. The Kier molecular flexibility index (Phi) is 3.42. The fourth-order valence-electron chi connectivity index (χ4n) is 2.27. The van der Waals surface area contributed by atoms with Gasteiger partial charge in [0.2, 0.25) is 4.96 Å². The minimum atomic E-state index is -0.347. The van der Waals surface area contributed by atoms with Gasteiger partial charge in [0.25, 0.3) is 5.56 Å². The highest BCUT2D eigenvalue weighted by Crippen LogP contribution is 2.16. The van der Waals surface area contributed by atoms with Crippen LogP contribution >= 0.6 is 11.3 Å². The van der Waals surface area contributed by atoms with Crippen LogP contribution in [0.25, 0.3) is 22.4 Å². The zero-order valence-corrected chi connectivity index (χ0v) is 12.9. The lowest BCUT2D eigenvalue weighted by molar-refractivity contribution is 0.627. The largest absolute Gasteiger partial charge is 0.291 e. The summed E-state index contributed by atoms with van der Waals surface area (Å²) in [5.41, 5.74) is 1.06. The quantitative estimate of drug-likeness (QED) is 0.563. The summed E-state index contributed by atoms with van der Waals surface area (Å²) in [6, 6.07) is 11.6. The molecule has 2 aromatic heterocycles. The molecular formula is C17H9F2N3OS. The van der Waals surface area contributed by atoms with Gasteiger partial charge in [-0.25, -0.2) is 8.78 Å². The molecule has 0 aliphatic carbocycles. The van der Waals surface area contributed by atoms with E-state index < -0.39 is 0 Å². The summed E-state index contributed by atoms with van der Waals surface area (Å²) in [6.45, 7) is 0. The minimum absolute atomic E-state index is 0.291. The first kappa shape index (κ1) is 14.6. The third-order valence-electron chi connectivity index (χ3n) is 3.45. The highest BCUT2D eigenvalue weighted by Gasteiger charge is 2.11. The van der Waals surface area contributed by atoms with E-state index >= 15 is 0 Å². The van der Waals surface area contributed by atoms with Crippen molar-refractivity contribution in [2.75, 3.05) is 0 Å². The Morgan fingerprint density at radius 3 is 2.21 bits per heavy atom. The van der Waals surface area contributed by atoms with Gasteiger partial charge in [0, 0.05) is 5.56 Å². The Labute approximate surface area is 138 Å². The molecule has 0 bridgehead atoms. The molecule has 0 unspecified atom stereocenters. The fraction of sp³-hybridized carbons (Fsp3) is 0. The SMILES string of the molecule is O=c1c(=Cc2ccc(F)cc2)sc2nc(-c3ccc(F)cc3)nn12. The number of hydrogen-bond donors (Lipinski definition) is 0. The van der Waals surface area contributed by atoms with Gasteiger partial charge in [0.1, 0.15) is 11.6 Å². The van der Waals surface area contributed by atoms with Gasteiger partial charge in [-0.2, -0.15) is 9.50 Å². The summed E-state index contributed by atoms with van der Waals surface area (Å²) in [4.78, 5) is 17.2. The molecule has 0 fully saturated rings. The Morgan fingerprint density at radius 2 is 1.58 bits per heavy atom. The zero-order chi connectivity index (χ0) is 16.7. The maximum atomic E-state index is 13.0. The smallest absolute Gasteiger partial charge is 0.266 e. The molecule has 0 radical (unpaired) electrons. The van der Waals surface area contributed by atoms with Crippen molar-refractivity contribution in [1.29, 1.82) is 0 Å². The van der Waals surface area contributed by atoms with E-state index in [1.807, 2.05) is 0 Å². The van der Waals surface area contributed by atoms with Gasteiger partial charge in [-0.3, -0.25) is 4.79 Å². The number of hydrogen-bond acceptors (Lipinski definition) is 4. The van der Waals surface area contributed by atoms with Gasteiger partial charge in [-0.15, -0.1) is 5.10 Å². The molecule has 24 heavy (non-hydrogen) atoms. The van der Waals surface area contributed by atoms with Crippen LogP contribution in [-0.2, 0) is 0 Å². The molecule has 0 saturated carbocycles. The molecule has 2 aromatic carbocycles. The summed E-state index contributed by atoms with van der Waals surface area (Å²) >= 11 is 1.20. The molecule has 0 spiro atoms. The number of thiazole rings is 1. The number of nitrogens with zero attached hydrogens (tertiary/aromatic N) is 3. The normalized spacial score (nSPS) is 12.2. The maximum Gasteiger partial charge on any atom is 0.291 e. The molecule has 118 valence electrons. The van der Waals surface area contributed by atoms with Gasteiger partial charge < -0.3 is 0 Å². The molecular weight excluding hydrogens is 332 g/mol. The van der Waals surface area contributed by atoms with Gasteiger partial charge in [-0.1, -0.05) is 23.5 Å². The Balaban J connectivity index is 1.79. The van der Waals surface area contributed by atoms with Gasteiger partial charge in [-0.05, 0) is 48.0 Å². The predicted molar refractivity (Wildman–Crippen MR) is 87.7 cm³/mol. The van der Waals surface area contributed by atoms with E-state index in [9.17, 15) is 13.6 Å². The lowest BCUT2D eigenvalue weighted by atomic mass is 10.2. The maximum absolute atomic E-state index is 13.0. The van der Waals surface area contributed by atoms with Crippen LogP contribution in [0.2, 0.25) is 0 Å². The molecule has 7 heteroatoms. The average Bonchev–Trinajstić information content (AvgIpc) is 3.11. The summed E-state index contributed by atoms with van der Waals surface area (Å²) in [5, 5.41) is 4.19. The second-order valence-electron chi connectivity index (χ2n) is 5.10. The summed E-state index contributed by atoms with van der Waals surface area (Å²) in [5.74, 6) is -0.312. The third kappa shape index (κ3) is 2.59. The first-order chi connectivity index (χ1) is 11.6. The number of aromatic nitrogens is 3. The number of fused-ring (bicyclic) bond motifs is 1. The lowest BCUT2D eigenvalue weighted by Gasteiger charge is -1.93. The number of halogens is 2. The van der Waals surface area contributed by atoms with Crippen molar-refractivity contribution >= 4 is 22.4 Å². The van der Waals surface area contributed by atoms with Crippen molar-refractivity contribution in [3.05, 3.63) is 80.6 Å². The molecule has 0 atom stereocenters. The second-order valence-corrected chi connectivity index (χ2v) is 6.11. The fourth-order valence-corrected chi connectivity index (χ4v) is 3.17. The monoisotopic (exact) mass is 341 g/mol. The van der Waals surface area contributed by atoms with E-state index in [0.717, 1.165) is 5.56 Å². The van der Waals surface area contributed by atoms with Crippen molar-refractivity contribution in [2.24, 2.45) is 0 Å². The highest BCUT2D eigenvalue weighted by molar-refractivity contribution is 7.15. The summed E-state index contributed by atoms with van der Waals surface area (Å²) in [6.07, 6.45) is 1.67. The molecule has 4 nitrogen and oxygen atoms in total. The van der Waals surface area contributed by atoms with Crippen LogP contribution in [0.15, 0.2) is 53.3 Å². The van der Waals surface area contributed by atoms with Crippen molar-refractivity contribution in [3.63, 3.8) is 0 Å². The Morgan fingerprint density at radius 1 is 0.958 bits per heavy atom. The van der Waals surface area contributed by atoms with Crippen molar-refractivity contribution in [1.82, 2.24) is 14.6 Å². The lowest BCUT2D eigenvalue weighted by Crippen LogP contribution is -2.23. The van der Waals surface area contributed by atoms with E-state index in [0.29, 0.717) is 20.9 Å². The first-order valence-corrected chi connectivity index (χ1v) is 7.84. The van der Waals surface area contributed by atoms with Gasteiger partial charge >= 0.3 is 0 Å². The van der Waals surface area contributed by atoms with E-state index in [1.54, 1.807) is 30.3 Å². The van der Waals surface area contributed by atoms with Gasteiger partial charge in [0.15, 0.2) is 5.82 Å². The van der Waals surface area contributed by atoms with E-state index in [4.69, 9.17) is 0 Å². The van der Waals surface area contributed by atoms with Gasteiger partial charge in [0.05, 0.1) is 4.53 Å². The van der Waals surface area contributed by atoms with Crippen molar-refractivity contribution in [2.45, 2.75) is 0 Å². The Bertz CT molecular complexity index is 1130. The van der Waals surface area contributed by atoms with E-state index in [2.05, 4.69) is 10.1 Å². The van der Waals surface area contributed by atoms with Crippen LogP contribution < -0.4 is 10.1 Å². The summed E-state index contributed by atoms with van der Waals surface area (Å²) in [7, 11) is 0. The zero-order valence-electron chi connectivity index (χ0n) is 12.1. The topological polar surface area (TPSA) is 47.3 Å². The van der Waals surface area contributed by atoms with Crippen LogP contribution in [0.5, 0.6) is 0 Å². The molecule has 4 aromatic rings. The minimum Gasteiger partial charge on any atom is -0.266 e. The Hall–Kier alpha value is -2.93. The van der Waals surface area contributed by atoms with Crippen molar-refractivity contribution in [3.8, 4) is 11.4 Å². The second kappa shape index (κ2) is 5.61. The number of benzene rings is 2. The molecule has 0 aliphatic heterocycles. The molecule has 0 saturated heterocycles. The molecule has 4 rings (SSSR count). The third-order valence-corrected chi connectivity index (χ3v) is 4.41. The van der Waals surface area contributed by atoms with E-state index in [1.165, 1.54) is 40.1 Å². The molecule has 0 aliphatic rings. The van der Waals surface area contributed by atoms with E-state index in [-0.39, 0.29) is 17.2 Å². The summed E-state index contributed by atoms with van der Waals surface area (Å²) < 4.78 is 27.6. The molecule has 0 amide bonds. The average molecular weight is 341 g/mol. The van der Waals surface area contributed by atoms with Crippen LogP contribution in [0.1, 0.15) is 5.56 Å².